The number of rotatable bonds is 0. The first-order valence-corrected chi connectivity index (χ1v) is 3.28. The summed E-state index contributed by atoms with van der Waals surface area (Å²) in [6.07, 6.45) is 3.39. The Morgan fingerprint density at radius 3 is 1.62 bits per heavy atom. The Labute approximate surface area is 62.7 Å². The second-order valence-corrected chi connectivity index (χ2v) is 2.77. The average Bonchev–Trinajstić information content (AvgIpc) is 1.98. The lowest BCUT2D eigenvalue weighted by Gasteiger charge is -1.97. The van der Waals surface area contributed by atoms with E-state index in [9.17, 15) is 0 Å². The molecule has 0 heterocycles. The molecule has 8 heavy (non-hydrogen) atoms. The summed E-state index contributed by atoms with van der Waals surface area (Å²) in [5, 5.41) is 0.895. The van der Waals surface area contributed by atoms with E-state index in [0.717, 1.165) is 0 Å². The number of alkyl halides is 1. The highest BCUT2D eigenvalue weighted by Crippen LogP contribution is 2.29. The maximum atomic E-state index is 5.61. The van der Waals surface area contributed by atoms with E-state index in [1.807, 2.05) is 0 Å². The molecule has 0 saturated heterocycles. The fourth-order valence-electron chi connectivity index (χ4n) is 0.460. The predicted molar refractivity (Wildman–Crippen MR) is 37.5 cm³/mol. The molecular formula is C5H3Cl3. The van der Waals surface area contributed by atoms with Gasteiger partial charge in [-0.3, -0.25) is 0 Å². The maximum Gasteiger partial charge on any atom is 0.105 e. The summed E-state index contributed by atoms with van der Waals surface area (Å²) >= 11 is 16.7. The van der Waals surface area contributed by atoms with Crippen molar-refractivity contribution in [3.05, 3.63) is 22.2 Å². The average molecular weight is 169 g/mol. The van der Waals surface area contributed by atoms with Crippen LogP contribution in [0.1, 0.15) is 0 Å². The van der Waals surface area contributed by atoms with Gasteiger partial charge in [0.25, 0.3) is 0 Å². The Balaban J connectivity index is 2.75. The second kappa shape index (κ2) is 2.30. The predicted octanol–water partition coefficient (Wildman–Crippen LogP) is 2.85. The number of halogens is 3. The van der Waals surface area contributed by atoms with Gasteiger partial charge in [0.1, 0.15) is 5.38 Å². The van der Waals surface area contributed by atoms with Gasteiger partial charge in [0.2, 0.25) is 0 Å². The van der Waals surface area contributed by atoms with Crippen molar-refractivity contribution in [3.63, 3.8) is 0 Å². The van der Waals surface area contributed by atoms with E-state index in [1.54, 1.807) is 12.2 Å². The van der Waals surface area contributed by atoms with Crippen molar-refractivity contribution in [1.29, 1.82) is 0 Å². The molecule has 0 aliphatic heterocycles. The Hall–Kier alpha value is 0.350. The van der Waals surface area contributed by atoms with Crippen molar-refractivity contribution >= 4 is 34.8 Å². The van der Waals surface area contributed by atoms with Crippen LogP contribution in [0.2, 0.25) is 0 Å². The van der Waals surface area contributed by atoms with E-state index >= 15 is 0 Å². The van der Waals surface area contributed by atoms with E-state index < -0.39 is 0 Å². The van der Waals surface area contributed by atoms with E-state index in [-0.39, 0.29) is 5.38 Å². The molecule has 0 atom stereocenters. The van der Waals surface area contributed by atoms with Gasteiger partial charge >= 0.3 is 0 Å². The minimum absolute atomic E-state index is 0.293. The van der Waals surface area contributed by atoms with Crippen molar-refractivity contribution in [1.82, 2.24) is 0 Å². The van der Waals surface area contributed by atoms with Gasteiger partial charge in [-0.1, -0.05) is 23.2 Å². The Bertz CT molecular complexity index is 139. The van der Waals surface area contributed by atoms with Crippen LogP contribution in [0.5, 0.6) is 0 Å². The minimum atomic E-state index is -0.293. The second-order valence-electron chi connectivity index (χ2n) is 1.47. The summed E-state index contributed by atoms with van der Waals surface area (Å²) in [5.74, 6) is 0. The minimum Gasteiger partial charge on any atom is -0.111 e. The maximum absolute atomic E-state index is 5.61. The Kier molecular flexibility index (Phi) is 1.86. The van der Waals surface area contributed by atoms with Crippen molar-refractivity contribution in [2.75, 3.05) is 0 Å². The van der Waals surface area contributed by atoms with Crippen LogP contribution >= 0.6 is 34.8 Å². The molecule has 0 fully saturated rings. The SMILES string of the molecule is ClC1=CC=C(Cl)C1Cl. The quantitative estimate of drug-likeness (QED) is 0.489. The molecule has 0 N–H and O–H groups in total. The van der Waals surface area contributed by atoms with Crippen LogP contribution < -0.4 is 0 Å². The molecule has 0 aromatic heterocycles. The van der Waals surface area contributed by atoms with Gasteiger partial charge in [0.05, 0.1) is 0 Å². The largest absolute Gasteiger partial charge is 0.111 e. The number of allylic oxidation sites excluding steroid dienone is 4. The third-order valence-corrected chi connectivity index (χ3v) is 2.27. The lowest BCUT2D eigenvalue weighted by atomic mass is 10.5. The first kappa shape index (κ1) is 6.47. The first-order valence-electron chi connectivity index (χ1n) is 2.08. The lowest BCUT2D eigenvalue weighted by Crippen LogP contribution is -1.91. The van der Waals surface area contributed by atoms with Crippen LogP contribution in [0.25, 0.3) is 0 Å². The molecule has 1 aliphatic rings. The highest BCUT2D eigenvalue weighted by molar-refractivity contribution is 6.45. The molecule has 1 aliphatic carbocycles. The highest BCUT2D eigenvalue weighted by atomic mass is 35.5. The monoisotopic (exact) mass is 168 g/mol. The Morgan fingerprint density at radius 1 is 1.12 bits per heavy atom. The normalized spacial score (nSPS) is 20.9. The molecule has 0 unspecified atom stereocenters. The highest BCUT2D eigenvalue weighted by Gasteiger charge is 2.16. The molecule has 0 radical (unpaired) electrons. The smallest absolute Gasteiger partial charge is 0.105 e. The number of hydrogen-bond acceptors (Lipinski definition) is 0. The van der Waals surface area contributed by atoms with E-state index in [0.29, 0.717) is 10.1 Å². The van der Waals surface area contributed by atoms with Crippen LogP contribution in [0.4, 0.5) is 0 Å². The molecular weight excluding hydrogens is 166 g/mol. The summed E-state index contributed by atoms with van der Waals surface area (Å²) < 4.78 is 0. The van der Waals surface area contributed by atoms with Gasteiger partial charge in [-0.2, -0.15) is 0 Å². The van der Waals surface area contributed by atoms with Crippen LogP contribution in [0, 0.1) is 0 Å². The summed E-state index contributed by atoms with van der Waals surface area (Å²) in [6, 6.07) is 0. The molecule has 0 spiro atoms. The van der Waals surface area contributed by atoms with Crippen molar-refractivity contribution in [2.24, 2.45) is 0 Å². The van der Waals surface area contributed by atoms with Crippen LogP contribution in [-0.2, 0) is 0 Å². The fraction of sp³-hybridized carbons (Fsp3) is 0.200. The van der Waals surface area contributed by atoms with Gasteiger partial charge in [0.15, 0.2) is 0 Å². The zero-order valence-corrected chi connectivity index (χ0v) is 6.13. The summed E-state index contributed by atoms with van der Waals surface area (Å²) in [5.41, 5.74) is 0. The van der Waals surface area contributed by atoms with Crippen molar-refractivity contribution in [2.45, 2.75) is 5.38 Å². The zero-order chi connectivity index (χ0) is 6.15. The lowest BCUT2D eigenvalue weighted by molar-refractivity contribution is 1.37. The molecule has 3 heteroatoms. The fourth-order valence-corrected chi connectivity index (χ4v) is 1.02. The molecule has 0 nitrogen and oxygen atoms in total. The van der Waals surface area contributed by atoms with Gasteiger partial charge < -0.3 is 0 Å². The molecule has 1 rings (SSSR count). The van der Waals surface area contributed by atoms with Crippen LogP contribution in [0.3, 0.4) is 0 Å². The van der Waals surface area contributed by atoms with Crippen LogP contribution in [0.15, 0.2) is 22.2 Å². The summed E-state index contributed by atoms with van der Waals surface area (Å²) in [7, 11) is 0. The number of hydrogen-bond donors (Lipinski definition) is 0. The van der Waals surface area contributed by atoms with Crippen LogP contribution in [-0.4, -0.2) is 5.38 Å². The third-order valence-electron chi connectivity index (χ3n) is 0.886. The Morgan fingerprint density at radius 2 is 1.50 bits per heavy atom. The molecule has 0 amide bonds. The van der Waals surface area contributed by atoms with E-state index in [4.69, 9.17) is 34.8 Å². The summed E-state index contributed by atoms with van der Waals surface area (Å²) in [6.45, 7) is 0. The van der Waals surface area contributed by atoms with Gasteiger partial charge in [0, 0.05) is 10.1 Å². The van der Waals surface area contributed by atoms with E-state index in [2.05, 4.69) is 0 Å². The van der Waals surface area contributed by atoms with Gasteiger partial charge in [-0.15, -0.1) is 11.6 Å². The van der Waals surface area contributed by atoms with Gasteiger partial charge in [-0.05, 0) is 12.2 Å². The molecule has 44 valence electrons. The van der Waals surface area contributed by atoms with E-state index in [1.165, 1.54) is 0 Å². The molecule has 0 bridgehead atoms. The van der Waals surface area contributed by atoms with Crippen molar-refractivity contribution in [3.8, 4) is 0 Å². The van der Waals surface area contributed by atoms with Gasteiger partial charge in [-0.25, -0.2) is 0 Å². The zero-order valence-electron chi connectivity index (χ0n) is 3.87. The van der Waals surface area contributed by atoms with Crippen molar-refractivity contribution < 1.29 is 0 Å². The molecule has 0 aromatic rings. The summed E-state index contributed by atoms with van der Waals surface area (Å²) in [4.78, 5) is 0. The first-order chi connectivity index (χ1) is 3.72. The third kappa shape index (κ3) is 1.02. The standard InChI is InChI=1S/C5H3Cl3/c6-3-1-2-4(7)5(3)8/h1-2,5H. The molecule has 0 aromatic carbocycles. The topological polar surface area (TPSA) is 0 Å². The molecule has 0 saturated carbocycles.